The van der Waals surface area contributed by atoms with Crippen LogP contribution in [0.4, 0.5) is 10.8 Å². The molecule has 2 aromatic rings. The molecule has 0 saturated heterocycles. The maximum atomic E-state index is 12.3. The summed E-state index contributed by atoms with van der Waals surface area (Å²) in [5.41, 5.74) is 7.91. The SMILES string of the molecule is Nc1ncc(CN2C(=O)CCCc3ccccc32)s1. The van der Waals surface area contributed by atoms with Gasteiger partial charge in [0.25, 0.3) is 0 Å². The molecule has 0 bridgehead atoms. The normalized spacial score (nSPS) is 15.2. The van der Waals surface area contributed by atoms with Crippen molar-refractivity contribution in [2.75, 3.05) is 10.6 Å². The fourth-order valence-electron chi connectivity index (χ4n) is 2.41. The molecule has 0 spiro atoms. The van der Waals surface area contributed by atoms with E-state index in [0.717, 1.165) is 23.4 Å². The third kappa shape index (κ3) is 2.46. The van der Waals surface area contributed by atoms with Crippen molar-refractivity contribution >= 4 is 28.1 Å². The highest BCUT2D eigenvalue weighted by Gasteiger charge is 2.22. The van der Waals surface area contributed by atoms with Gasteiger partial charge in [0.15, 0.2) is 5.13 Å². The van der Waals surface area contributed by atoms with Crippen LogP contribution in [-0.4, -0.2) is 10.9 Å². The molecule has 1 aliphatic heterocycles. The van der Waals surface area contributed by atoms with E-state index in [1.165, 1.54) is 16.9 Å². The van der Waals surface area contributed by atoms with Crippen LogP contribution in [0.5, 0.6) is 0 Å². The van der Waals surface area contributed by atoms with Crippen molar-refractivity contribution in [1.29, 1.82) is 0 Å². The van der Waals surface area contributed by atoms with Gasteiger partial charge in [-0.2, -0.15) is 0 Å². The van der Waals surface area contributed by atoms with Crippen LogP contribution in [0.3, 0.4) is 0 Å². The molecule has 2 heterocycles. The summed E-state index contributed by atoms with van der Waals surface area (Å²) in [4.78, 5) is 19.2. The molecule has 0 aliphatic carbocycles. The summed E-state index contributed by atoms with van der Waals surface area (Å²) in [5, 5.41) is 0.547. The molecule has 0 saturated carbocycles. The number of carbonyl (C=O) groups is 1. The Morgan fingerprint density at radius 1 is 1.32 bits per heavy atom. The molecule has 98 valence electrons. The van der Waals surface area contributed by atoms with E-state index >= 15 is 0 Å². The Kier molecular flexibility index (Phi) is 3.21. The Labute approximate surface area is 115 Å². The highest BCUT2D eigenvalue weighted by atomic mass is 32.1. The van der Waals surface area contributed by atoms with Gasteiger partial charge in [-0.3, -0.25) is 4.79 Å². The lowest BCUT2D eigenvalue weighted by Crippen LogP contribution is -2.29. The minimum Gasteiger partial charge on any atom is -0.375 e. The molecule has 2 N–H and O–H groups in total. The molecular formula is C14H15N3OS. The second kappa shape index (κ2) is 5.01. The van der Waals surface area contributed by atoms with Crippen LogP contribution < -0.4 is 10.6 Å². The predicted molar refractivity (Wildman–Crippen MR) is 77.1 cm³/mol. The van der Waals surface area contributed by atoms with Crippen LogP contribution in [-0.2, 0) is 17.8 Å². The predicted octanol–water partition coefficient (Wildman–Crippen LogP) is 2.59. The van der Waals surface area contributed by atoms with E-state index < -0.39 is 0 Å². The van der Waals surface area contributed by atoms with E-state index in [1.807, 2.05) is 23.1 Å². The van der Waals surface area contributed by atoms with Gasteiger partial charge >= 0.3 is 0 Å². The molecule has 1 aromatic carbocycles. The molecule has 3 rings (SSSR count). The Bertz CT molecular complexity index is 608. The number of amides is 1. The van der Waals surface area contributed by atoms with Crippen molar-refractivity contribution in [1.82, 2.24) is 4.98 Å². The second-order valence-electron chi connectivity index (χ2n) is 4.63. The Hall–Kier alpha value is -1.88. The number of hydrogen-bond acceptors (Lipinski definition) is 4. The first kappa shape index (κ1) is 12.2. The number of anilines is 2. The van der Waals surface area contributed by atoms with Crippen LogP contribution >= 0.6 is 11.3 Å². The quantitative estimate of drug-likeness (QED) is 0.915. The molecule has 5 heteroatoms. The van der Waals surface area contributed by atoms with E-state index in [0.29, 0.717) is 18.1 Å². The Morgan fingerprint density at radius 3 is 2.95 bits per heavy atom. The van der Waals surface area contributed by atoms with Crippen LogP contribution in [0, 0.1) is 0 Å². The molecule has 19 heavy (non-hydrogen) atoms. The maximum Gasteiger partial charge on any atom is 0.227 e. The van der Waals surface area contributed by atoms with Gasteiger partial charge in [0.05, 0.1) is 6.54 Å². The van der Waals surface area contributed by atoms with Crippen molar-refractivity contribution in [3.63, 3.8) is 0 Å². The monoisotopic (exact) mass is 273 g/mol. The standard InChI is InChI=1S/C14H15N3OS/c15-14-16-8-11(19-14)9-17-12-6-2-1-4-10(12)5-3-7-13(17)18/h1-2,4,6,8H,3,5,7,9H2,(H2,15,16). The summed E-state index contributed by atoms with van der Waals surface area (Å²) in [6, 6.07) is 8.12. The van der Waals surface area contributed by atoms with Gasteiger partial charge in [-0.1, -0.05) is 18.2 Å². The van der Waals surface area contributed by atoms with Gasteiger partial charge in [0.1, 0.15) is 0 Å². The topological polar surface area (TPSA) is 59.2 Å². The number of para-hydroxylation sites is 1. The lowest BCUT2D eigenvalue weighted by atomic mass is 10.1. The van der Waals surface area contributed by atoms with Crippen LogP contribution in [0.2, 0.25) is 0 Å². The molecule has 1 aliphatic rings. The summed E-state index contributed by atoms with van der Waals surface area (Å²) < 4.78 is 0. The highest BCUT2D eigenvalue weighted by Crippen LogP contribution is 2.29. The highest BCUT2D eigenvalue weighted by molar-refractivity contribution is 7.15. The minimum absolute atomic E-state index is 0.178. The summed E-state index contributed by atoms with van der Waals surface area (Å²) in [5.74, 6) is 0.178. The zero-order valence-electron chi connectivity index (χ0n) is 10.5. The van der Waals surface area contributed by atoms with Crippen molar-refractivity contribution in [3.8, 4) is 0 Å². The number of thiazole rings is 1. The Balaban J connectivity index is 1.95. The van der Waals surface area contributed by atoms with E-state index in [-0.39, 0.29) is 5.91 Å². The minimum atomic E-state index is 0.178. The number of hydrogen-bond donors (Lipinski definition) is 1. The molecular weight excluding hydrogens is 258 g/mol. The zero-order valence-corrected chi connectivity index (χ0v) is 11.3. The van der Waals surface area contributed by atoms with Gasteiger partial charge < -0.3 is 10.6 Å². The number of aromatic nitrogens is 1. The molecule has 1 amide bonds. The van der Waals surface area contributed by atoms with Crippen molar-refractivity contribution in [2.24, 2.45) is 0 Å². The van der Waals surface area contributed by atoms with Crippen molar-refractivity contribution in [2.45, 2.75) is 25.8 Å². The number of nitrogens with two attached hydrogens (primary N) is 1. The molecule has 0 atom stereocenters. The average molecular weight is 273 g/mol. The second-order valence-corrected chi connectivity index (χ2v) is 5.77. The number of benzene rings is 1. The van der Waals surface area contributed by atoms with Crippen LogP contribution in [0.15, 0.2) is 30.5 Å². The van der Waals surface area contributed by atoms with E-state index in [9.17, 15) is 4.79 Å². The van der Waals surface area contributed by atoms with E-state index in [4.69, 9.17) is 5.73 Å². The number of aryl methyl sites for hydroxylation is 1. The lowest BCUT2D eigenvalue weighted by molar-refractivity contribution is -0.118. The first-order chi connectivity index (χ1) is 9.24. The summed E-state index contributed by atoms with van der Waals surface area (Å²) >= 11 is 1.44. The number of carbonyl (C=O) groups excluding carboxylic acids is 1. The van der Waals surface area contributed by atoms with Crippen molar-refractivity contribution in [3.05, 3.63) is 40.9 Å². The summed E-state index contributed by atoms with van der Waals surface area (Å²) in [6.07, 6.45) is 4.23. The summed E-state index contributed by atoms with van der Waals surface area (Å²) in [7, 11) is 0. The van der Waals surface area contributed by atoms with Gasteiger partial charge in [-0.05, 0) is 24.5 Å². The van der Waals surface area contributed by atoms with Gasteiger partial charge in [0.2, 0.25) is 5.91 Å². The van der Waals surface area contributed by atoms with Gasteiger partial charge in [-0.15, -0.1) is 11.3 Å². The van der Waals surface area contributed by atoms with Gasteiger partial charge in [-0.25, -0.2) is 4.98 Å². The number of nitrogens with zero attached hydrogens (tertiary/aromatic N) is 2. The third-order valence-electron chi connectivity index (χ3n) is 3.31. The number of fused-ring (bicyclic) bond motifs is 1. The summed E-state index contributed by atoms with van der Waals surface area (Å²) in [6.45, 7) is 0.560. The van der Waals surface area contributed by atoms with Crippen LogP contribution in [0.1, 0.15) is 23.3 Å². The zero-order chi connectivity index (χ0) is 13.2. The number of nitrogen functional groups attached to an aromatic ring is 1. The van der Waals surface area contributed by atoms with E-state index in [1.54, 1.807) is 6.20 Å². The molecule has 0 radical (unpaired) electrons. The fourth-order valence-corrected chi connectivity index (χ4v) is 3.08. The average Bonchev–Trinajstić information content (AvgIpc) is 2.75. The number of rotatable bonds is 2. The van der Waals surface area contributed by atoms with Crippen LogP contribution in [0.25, 0.3) is 0 Å². The first-order valence-corrected chi connectivity index (χ1v) is 7.14. The van der Waals surface area contributed by atoms with E-state index in [2.05, 4.69) is 11.1 Å². The first-order valence-electron chi connectivity index (χ1n) is 6.32. The molecule has 0 fully saturated rings. The maximum absolute atomic E-state index is 12.3. The smallest absolute Gasteiger partial charge is 0.227 e. The van der Waals surface area contributed by atoms with Gasteiger partial charge in [0, 0.05) is 23.2 Å². The molecule has 0 unspecified atom stereocenters. The Morgan fingerprint density at radius 2 is 2.16 bits per heavy atom. The third-order valence-corrected chi connectivity index (χ3v) is 4.12. The lowest BCUT2D eigenvalue weighted by Gasteiger charge is -2.22. The molecule has 1 aromatic heterocycles. The van der Waals surface area contributed by atoms with Crippen molar-refractivity contribution < 1.29 is 4.79 Å². The fraction of sp³-hybridized carbons (Fsp3) is 0.286. The largest absolute Gasteiger partial charge is 0.375 e. The molecule has 4 nitrogen and oxygen atoms in total.